The van der Waals surface area contributed by atoms with E-state index in [1.54, 1.807) is 28.4 Å². The number of H-pyrrole nitrogens is 1. The van der Waals surface area contributed by atoms with E-state index in [4.69, 9.17) is 4.74 Å². The Morgan fingerprint density at radius 3 is 2.23 bits per heavy atom. The number of hydrogen-bond donors (Lipinski definition) is 1. The molecule has 1 fully saturated rings. The first-order valence-electron chi connectivity index (χ1n) is 12.9. The van der Waals surface area contributed by atoms with Crippen molar-refractivity contribution in [1.82, 2.24) is 19.1 Å². The van der Waals surface area contributed by atoms with Gasteiger partial charge in [0.15, 0.2) is 5.75 Å². The lowest BCUT2D eigenvalue weighted by molar-refractivity contribution is 0.467. The molecule has 1 aliphatic rings. The molecule has 8 heteroatoms. The van der Waals surface area contributed by atoms with E-state index in [9.17, 15) is 9.59 Å². The fourth-order valence-electron chi connectivity index (χ4n) is 5.22. The van der Waals surface area contributed by atoms with Crippen molar-refractivity contribution in [3.05, 3.63) is 98.1 Å². The number of aromatic amines is 1. The summed E-state index contributed by atoms with van der Waals surface area (Å²) in [7, 11) is 1.73. The standard InChI is InChI=1S/C31H30N4O3.ClH/c1-17-7-6-8-18(2)30(17)38-27-16-35(22-9-10-22)28(36)14-23(27)25-15-34(5)31(37)29-24(25)13-26(33-29)21-11-19(3)32-20(4)12-21;/h6-8,11-16,22,33H,9-10H2,1-5H3;1H. The van der Waals surface area contributed by atoms with Gasteiger partial charge in [-0.2, -0.15) is 0 Å². The minimum atomic E-state index is -0.138. The van der Waals surface area contributed by atoms with Crippen LogP contribution in [0.2, 0.25) is 0 Å². The number of para-hydroxylation sites is 1. The third-order valence-electron chi connectivity index (χ3n) is 7.25. The minimum Gasteiger partial charge on any atom is -0.455 e. The van der Waals surface area contributed by atoms with E-state index in [2.05, 4.69) is 9.97 Å². The second-order valence-electron chi connectivity index (χ2n) is 10.4. The summed E-state index contributed by atoms with van der Waals surface area (Å²) >= 11 is 0. The molecule has 0 unspecified atom stereocenters. The lowest BCUT2D eigenvalue weighted by Gasteiger charge is -2.17. The molecule has 4 aromatic heterocycles. The fraction of sp³-hybridized carbons (Fsp3) is 0.258. The summed E-state index contributed by atoms with van der Waals surface area (Å²) in [5.41, 5.74) is 7.29. The van der Waals surface area contributed by atoms with E-state index in [0.29, 0.717) is 16.8 Å². The van der Waals surface area contributed by atoms with E-state index >= 15 is 0 Å². The fourth-order valence-corrected chi connectivity index (χ4v) is 5.22. The maximum atomic E-state index is 13.2. The van der Waals surface area contributed by atoms with Gasteiger partial charge < -0.3 is 18.9 Å². The Morgan fingerprint density at radius 1 is 0.923 bits per heavy atom. The summed E-state index contributed by atoms with van der Waals surface area (Å²) in [5, 5.41) is 0.741. The molecule has 7 nitrogen and oxygen atoms in total. The van der Waals surface area contributed by atoms with Gasteiger partial charge in [0.05, 0.1) is 6.20 Å². The topological polar surface area (TPSA) is 81.9 Å². The number of nitrogens with zero attached hydrogens (tertiary/aromatic N) is 3. The third kappa shape index (κ3) is 4.79. The van der Waals surface area contributed by atoms with Crippen molar-refractivity contribution >= 4 is 23.3 Å². The lowest BCUT2D eigenvalue weighted by Crippen LogP contribution is -2.19. The molecule has 0 amide bonds. The normalized spacial score (nSPS) is 12.9. The molecule has 5 aromatic rings. The summed E-state index contributed by atoms with van der Waals surface area (Å²) in [6, 6.07) is 13.9. The predicted octanol–water partition coefficient (Wildman–Crippen LogP) is 6.54. The van der Waals surface area contributed by atoms with Crippen LogP contribution >= 0.6 is 12.4 Å². The zero-order valence-corrected chi connectivity index (χ0v) is 23.5. The number of nitrogens with one attached hydrogen (secondary N) is 1. The van der Waals surface area contributed by atoms with Crippen LogP contribution < -0.4 is 15.9 Å². The van der Waals surface area contributed by atoms with Crippen LogP contribution in [0, 0.1) is 27.7 Å². The van der Waals surface area contributed by atoms with Gasteiger partial charge in [0, 0.05) is 64.5 Å². The Kier molecular flexibility index (Phi) is 6.72. The van der Waals surface area contributed by atoms with Crippen LogP contribution in [0.4, 0.5) is 0 Å². The van der Waals surface area contributed by atoms with Crippen molar-refractivity contribution in [3.8, 4) is 33.9 Å². The molecule has 39 heavy (non-hydrogen) atoms. The van der Waals surface area contributed by atoms with Gasteiger partial charge in [0.2, 0.25) is 0 Å². The lowest BCUT2D eigenvalue weighted by atomic mass is 10.0. The zero-order valence-electron chi connectivity index (χ0n) is 22.7. The van der Waals surface area contributed by atoms with Crippen molar-refractivity contribution in [1.29, 1.82) is 0 Å². The highest BCUT2D eigenvalue weighted by Gasteiger charge is 2.27. The molecule has 0 spiro atoms. The van der Waals surface area contributed by atoms with Crippen molar-refractivity contribution in [2.75, 3.05) is 0 Å². The van der Waals surface area contributed by atoms with E-state index in [-0.39, 0.29) is 29.6 Å². The van der Waals surface area contributed by atoms with Gasteiger partial charge in [-0.25, -0.2) is 0 Å². The van der Waals surface area contributed by atoms with Crippen LogP contribution in [0.25, 0.3) is 33.3 Å². The van der Waals surface area contributed by atoms with Crippen LogP contribution in [0.1, 0.15) is 41.4 Å². The number of aromatic nitrogens is 4. The molecule has 0 aliphatic heterocycles. The molecule has 1 aromatic carbocycles. The molecule has 200 valence electrons. The monoisotopic (exact) mass is 542 g/mol. The van der Waals surface area contributed by atoms with Gasteiger partial charge in [-0.1, -0.05) is 18.2 Å². The smallest absolute Gasteiger partial charge is 0.274 e. The molecule has 1 aliphatic carbocycles. The number of aryl methyl sites for hydroxylation is 5. The van der Waals surface area contributed by atoms with Crippen LogP contribution in [-0.2, 0) is 7.05 Å². The SMILES string of the molecule is Cc1cc(-c2cc3c(-c4cc(=O)n(C5CC5)cc4Oc4c(C)cccc4C)cn(C)c(=O)c3[nH]2)cc(C)n1.Cl. The summed E-state index contributed by atoms with van der Waals surface area (Å²) in [6.07, 6.45) is 5.59. The van der Waals surface area contributed by atoms with Crippen molar-refractivity contribution in [2.24, 2.45) is 7.05 Å². The number of pyridine rings is 3. The summed E-state index contributed by atoms with van der Waals surface area (Å²) in [5.74, 6) is 1.36. The second kappa shape index (κ2) is 9.89. The molecule has 6 rings (SSSR count). The quantitative estimate of drug-likeness (QED) is 0.273. The Balaban J connectivity index is 0.00000308. The average molecular weight is 543 g/mol. The molecule has 0 radical (unpaired) electrons. The highest BCUT2D eigenvalue weighted by Crippen LogP contribution is 2.41. The van der Waals surface area contributed by atoms with E-state index in [1.807, 2.05) is 70.3 Å². The summed E-state index contributed by atoms with van der Waals surface area (Å²) < 4.78 is 9.90. The molecule has 0 saturated heterocycles. The van der Waals surface area contributed by atoms with E-state index in [0.717, 1.165) is 63.3 Å². The van der Waals surface area contributed by atoms with Gasteiger partial charge in [0.1, 0.15) is 11.3 Å². The van der Waals surface area contributed by atoms with Crippen LogP contribution in [0.3, 0.4) is 0 Å². The molecule has 4 heterocycles. The minimum absolute atomic E-state index is 0. The number of fused-ring (bicyclic) bond motifs is 1. The van der Waals surface area contributed by atoms with Crippen LogP contribution in [-0.4, -0.2) is 19.1 Å². The van der Waals surface area contributed by atoms with E-state index < -0.39 is 0 Å². The molecule has 0 atom stereocenters. The van der Waals surface area contributed by atoms with Crippen molar-refractivity contribution in [3.63, 3.8) is 0 Å². The maximum absolute atomic E-state index is 13.2. The van der Waals surface area contributed by atoms with Gasteiger partial charge in [-0.3, -0.25) is 14.6 Å². The Bertz CT molecular complexity index is 1820. The number of ether oxygens (including phenoxy) is 1. The zero-order chi connectivity index (χ0) is 26.7. The third-order valence-corrected chi connectivity index (χ3v) is 7.25. The van der Waals surface area contributed by atoms with Gasteiger partial charge in [-0.15, -0.1) is 12.4 Å². The van der Waals surface area contributed by atoms with E-state index in [1.165, 1.54) is 0 Å². The molecular weight excluding hydrogens is 512 g/mol. The van der Waals surface area contributed by atoms with Crippen LogP contribution in [0.15, 0.2) is 64.4 Å². The number of halogens is 1. The molecule has 0 bridgehead atoms. The first-order chi connectivity index (χ1) is 18.2. The Morgan fingerprint density at radius 2 is 1.59 bits per heavy atom. The second-order valence-corrected chi connectivity index (χ2v) is 10.4. The van der Waals surface area contributed by atoms with Gasteiger partial charge >= 0.3 is 0 Å². The predicted molar refractivity (Wildman–Crippen MR) is 157 cm³/mol. The molecule has 1 N–H and O–H groups in total. The highest BCUT2D eigenvalue weighted by atomic mass is 35.5. The summed E-state index contributed by atoms with van der Waals surface area (Å²) in [4.78, 5) is 34.3. The average Bonchev–Trinajstić information content (AvgIpc) is 3.61. The largest absolute Gasteiger partial charge is 0.455 e. The summed E-state index contributed by atoms with van der Waals surface area (Å²) in [6.45, 7) is 7.94. The first kappa shape index (κ1) is 26.5. The van der Waals surface area contributed by atoms with Gasteiger partial charge in [-0.05, 0) is 69.9 Å². The highest BCUT2D eigenvalue weighted by molar-refractivity contribution is 5.98. The van der Waals surface area contributed by atoms with Gasteiger partial charge in [0.25, 0.3) is 11.1 Å². The Labute approximate surface area is 232 Å². The molecule has 1 saturated carbocycles. The number of benzene rings is 1. The van der Waals surface area contributed by atoms with Crippen molar-refractivity contribution < 1.29 is 4.74 Å². The first-order valence-corrected chi connectivity index (χ1v) is 12.9. The molecular formula is C31H31ClN4O3. The maximum Gasteiger partial charge on any atom is 0.274 e. The van der Waals surface area contributed by atoms with Crippen molar-refractivity contribution in [2.45, 2.75) is 46.6 Å². The number of hydrogen-bond acceptors (Lipinski definition) is 4. The Hall–Kier alpha value is -4.10. The van der Waals surface area contributed by atoms with Crippen LogP contribution in [0.5, 0.6) is 11.5 Å². The number of rotatable bonds is 5.